The first-order valence-electron chi connectivity index (χ1n) is 7.98. The van der Waals surface area contributed by atoms with Gasteiger partial charge in [-0.15, -0.1) is 0 Å². The van der Waals surface area contributed by atoms with Crippen molar-refractivity contribution >= 4 is 16.6 Å². The zero-order valence-corrected chi connectivity index (χ0v) is 13.8. The standard InChI is InChI=1S/C20H21FN2/c1-4-14(2)23(3)19-13-16-7-5-6-8-18(16)22-20(19)15-9-11-17(21)12-10-15/h5-14H,4H2,1-3H3. The molecule has 1 aromatic heterocycles. The highest BCUT2D eigenvalue weighted by Crippen LogP contribution is 2.33. The third-order valence-corrected chi connectivity index (χ3v) is 4.45. The van der Waals surface area contributed by atoms with Crippen LogP contribution in [0.4, 0.5) is 10.1 Å². The summed E-state index contributed by atoms with van der Waals surface area (Å²) in [4.78, 5) is 7.10. The molecule has 0 radical (unpaired) electrons. The lowest BCUT2D eigenvalue weighted by atomic mass is 10.0. The predicted octanol–water partition coefficient (Wildman–Crippen LogP) is 5.28. The van der Waals surface area contributed by atoms with E-state index in [1.54, 1.807) is 12.1 Å². The highest BCUT2D eigenvalue weighted by atomic mass is 19.1. The van der Waals surface area contributed by atoms with Crippen molar-refractivity contribution in [3.63, 3.8) is 0 Å². The average Bonchev–Trinajstić information content (AvgIpc) is 2.60. The van der Waals surface area contributed by atoms with Crippen LogP contribution < -0.4 is 4.90 Å². The van der Waals surface area contributed by atoms with Gasteiger partial charge in [0.2, 0.25) is 0 Å². The Hall–Kier alpha value is -2.42. The molecule has 0 spiro atoms. The van der Waals surface area contributed by atoms with E-state index < -0.39 is 0 Å². The van der Waals surface area contributed by atoms with Gasteiger partial charge in [-0.25, -0.2) is 9.37 Å². The molecule has 3 rings (SSSR count). The van der Waals surface area contributed by atoms with Crippen molar-refractivity contribution in [2.75, 3.05) is 11.9 Å². The van der Waals surface area contributed by atoms with Gasteiger partial charge >= 0.3 is 0 Å². The van der Waals surface area contributed by atoms with Gasteiger partial charge < -0.3 is 4.90 Å². The predicted molar refractivity (Wildman–Crippen MR) is 95.3 cm³/mol. The summed E-state index contributed by atoms with van der Waals surface area (Å²) in [5.74, 6) is -0.230. The number of rotatable bonds is 4. The minimum atomic E-state index is -0.230. The summed E-state index contributed by atoms with van der Waals surface area (Å²) < 4.78 is 13.3. The summed E-state index contributed by atoms with van der Waals surface area (Å²) in [5, 5.41) is 1.11. The van der Waals surface area contributed by atoms with Gasteiger partial charge in [0.05, 0.1) is 16.9 Å². The molecule has 3 aromatic rings. The zero-order valence-electron chi connectivity index (χ0n) is 13.8. The Morgan fingerprint density at radius 1 is 1.09 bits per heavy atom. The van der Waals surface area contributed by atoms with Crippen LogP contribution in [-0.2, 0) is 0 Å². The monoisotopic (exact) mass is 308 g/mol. The van der Waals surface area contributed by atoms with Crippen LogP contribution in [0.15, 0.2) is 54.6 Å². The SMILES string of the molecule is CCC(C)N(C)c1cc2ccccc2nc1-c1ccc(F)cc1. The molecule has 0 bridgehead atoms. The lowest BCUT2D eigenvalue weighted by molar-refractivity contribution is 0.628. The number of hydrogen-bond donors (Lipinski definition) is 0. The molecular formula is C20H21FN2. The summed E-state index contributed by atoms with van der Waals surface area (Å²) in [5.41, 5.74) is 3.85. The van der Waals surface area contributed by atoms with Gasteiger partial charge in [-0.2, -0.15) is 0 Å². The summed E-state index contributed by atoms with van der Waals surface area (Å²) in [6, 6.07) is 17.2. The van der Waals surface area contributed by atoms with E-state index in [1.165, 1.54) is 12.1 Å². The van der Waals surface area contributed by atoms with Gasteiger partial charge in [0, 0.05) is 24.0 Å². The second kappa shape index (κ2) is 6.37. The van der Waals surface area contributed by atoms with E-state index in [4.69, 9.17) is 4.98 Å². The van der Waals surface area contributed by atoms with Gasteiger partial charge in [-0.05, 0) is 49.7 Å². The number of hydrogen-bond acceptors (Lipinski definition) is 2. The van der Waals surface area contributed by atoms with Crippen LogP contribution in [0.5, 0.6) is 0 Å². The second-order valence-corrected chi connectivity index (χ2v) is 5.92. The van der Waals surface area contributed by atoms with Crippen LogP contribution in [-0.4, -0.2) is 18.1 Å². The lowest BCUT2D eigenvalue weighted by Gasteiger charge is -2.28. The van der Waals surface area contributed by atoms with Crippen molar-refractivity contribution < 1.29 is 4.39 Å². The number of halogens is 1. The number of nitrogens with zero attached hydrogens (tertiary/aromatic N) is 2. The van der Waals surface area contributed by atoms with E-state index in [0.29, 0.717) is 6.04 Å². The molecule has 0 fully saturated rings. The molecule has 1 unspecified atom stereocenters. The van der Waals surface area contributed by atoms with Crippen LogP contribution in [0, 0.1) is 5.82 Å². The molecule has 0 aliphatic carbocycles. The van der Waals surface area contributed by atoms with Gasteiger partial charge in [-0.1, -0.05) is 25.1 Å². The first-order chi connectivity index (χ1) is 11.1. The summed E-state index contributed by atoms with van der Waals surface area (Å²) in [7, 11) is 2.09. The highest BCUT2D eigenvalue weighted by molar-refractivity contribution is 5.89. The summed E-state index contributed by atoms with van der Waals surface area (Å²) in [6.45, 7) is 4.37. The molecule has 1 heterocycles. The fourth-order valence-electron chi connectivity index (χ4n) is 2.71. The maximum Gasteiger partial charge on any atom is 0.123 e. The molecular weight excluding hydrogens is 287 g/mol. The van der Waals surface area contributed by atoms with E-state index in [2.05, 4.69) is 37.9 Å². The van der Waals surface area contributed by atoms with Gasteiger partial charge in [0.25, 0.3) is 0 Å². The van der Waals surface area contributed by atoms with Gasteiger partial charge in [-0.3, -0.25) is 0 Å². The average molecular weight is 308 g/mol. The maximum absolute atomic E-state index is 13.3. The minimum Gasteiger partial charge on any atom is -0.370 e. The Morgan fingerprint density at radius 2 is 1.78 bits per heavy atom. The van der Waals surface area contributed by atoms with Crippen LogP contribution in [0.1, 0.15) is 20.3 Å². The Morgan fingerprint density at radius 3 is 2.48 bits per heavy atom. The number of fused-ring (bicyclic) bond motifs is 1. The molecule has 23 heavy (non-hydrogen) atoms. The Balaban J connectivity index is 2.22. The summed E-state index contributed by atoms with van der Waals surface area (Å²) >= 11 is 0. The second-order valence-electron chi connectivity index (χ2n) is 5.92. The molecule has 2 aromatic carbocycles. The topological polar surface area (TPSA) is 16.1 Å². The largest absolute Gasteiger partial charge is 0.370 e. The third-order valence-electron chi connectivity index (χ3n) is 4.45. The molecule has 0 N–H and O–H groups in total. The van der Waals surface area contributed by atoms with E-state index in [9.17, 15) is 4.39 Å². The zero-order chi connectivity index (χ0) is 16.4. The quantitative estimate of drug-likeness (QED) is 0.652. The normalized spacial score (nSPS) is 12.3. The molecule has 0 saturated heterocycles. The molecule has 1 atom stereocenters. The first-order valence-corrected chi connectivity index (χ1v) is 7.98. The molecule has 0 aliphatic rings. The van der Waals surface area contributed by atoms with Crippen molar-refractivity contribution in [3.05, 3.63) is 60.4 Å². The fraction of sp³-hybridized carbons (Fsp3) is 0.250. The maximum atomic E-state index is 13.3. The molecule has 118 valence electrons. The van der Waals surface area contributed by atoms with Crippen LogP contribution in [0.3, 0.4) is 0 Å². The van der Waals surface area contributed by atoms with Crippen molar-refractivity contribution in [2.24, 2.45) is 0 Å². The first kappa shape index (κ1) is 15.5. The van der Waals surface area contributed by atoms with E-state index in [1.807, 2.05) is 18.2 Å². The van der Waals surface area contributed by atoms with E-state index in [0.717, 1.165) is 34.3 Å². The van der Waals surface area contributed by atoms with Gasteiger partial charge in [0.1, 0.15) is 5.82 Å². The van der Waals surface area contributed by atoms with Crippen LogP contribution in [0.25, 0.3) is 22.2 Å². The fourth-order valence-corrected chi connectivity index (χ4v) is 2.71. The Bertz CT molecular complexity index is 811. The molecule has 0 aliphatic heterocycles. The molecule has 2 nitrogen and oxygen atoms in total. The van der Waals surface area contributed by atoms with Gasteiger partial charge in [0.15, 0.2) is 0 Å². The van der Waals surface area contributed by atoms with Crippen LogP contribution in [0.2, 0.25) is 0 Å². The molecule has 0 amide bonds. The lowest BCUT2D eigenvalue weighted by Crippen LogP contribution is -2.28. The third kappa shape index (κ3) is 3.04. The van der Waals surface area contributed by atoms with Crippen molar-refractivity contribution in [2.45, 2.75) is 26.3 Å². The number of para-hydroxylation sites is 1. The number of pyridine rings is 1. The van der Waals surface area contributed by atoms with E-state index >= 15 is 0 Å². The minimum absolute atomic E-state index is 0.230. The van der Waals surface area contributed by atoms with E-state index in [-0.39, 0.29) is 5.82 Å². The highest BCUT2D eigenvalue weighted by Gasteiger charge is 2.16. The molecule has 3 heteroatoms. The Kier molecular flexibility index (Phi) is 4.28. The van der Waals surface area contributed by atoms with Crippen molar-refractivity contribution in [3.8, 4) is 11.3 Å². The smallest absolute Gasteiger partial charge is 0.123 e. The van der Waals surface area contributed by atoms with Crippen LogP contribution >= 0.6 is 0 Å². The number of anilines is 1. The molecule has 0 saturated carbocycles. The Labute approximate surface area is 136 Å². The van der Waals surface area contributed by atoms with Crippen molar-refractivity contribution in [1.29, 1.82) is 0 Å². The number of benzene rings is 2. The number of aromatic nitrogens is 1. The van der Waals surface area contributed by atoms with Crippen molar-refractivity contribution in [1.82, 2.24) is 4.98 Å². The summed E-state index contributed by atoms with van der Waals surface area (Å²) in [6.07, 6.45) is 1.05.